The lowest BCUT2D eigenvalue weighted by Gasteiger charge is -2.29. The van der Waals surface area contributed by atoms with Crippen molar-refractivity contribution in [1.82, 2.24) is 0 Å². The van der Waals surface area contributed by atoms with Gasteiger partial charge in [-0.15, -0.1) is 0 Å². The third-order valence-electron chi connectivity index (χ3n) is 4.50. The first-order chi connectivity index (χ1) is 10.1. The number of halogens is 1. The van der Waals surface area contributed by atoms with Gasteiger partial charge in [-0.3, -0.25) is 0 Å². The van der Waals surface area contributed by atoms with Crippen molar-refractivity contribution in [2.75, 3.05) is 0 Å². The van der Waals surface area contributed by atoms with Crippen molar-refractivity contribution < 1.29 is 5.11 Å². The Balaban J connectivity index is 2.00. The fourth-order valence-electron chi connectivity index (χ4n) is 3.35. The minimum absolute atomic E-state index is 0.586. The summed E-state index contributed by atoms with van der Waals surface area (Å²) in [6, 6.07) is 14.4. The van der Waals surface area contributed by atoms with E-state index < -0.39 is 5.60 Å². The van der Waals surface area contributed by atoms with Crippen molar-refractivity contribution in [3.63, 3.8) is 0 Å². The quantitative estimate of drug-likeness (QED) is 0.790. The normalized spacial score (nSPS) is 21.7. The third-order valence-corrected chi connectivity index (χ3v) is 4.85. The van der Waals surface area contributed by atoms with Crippen molar-refractivity contribution >= 4 is 11.6 Å². The molecule has 0 saturated carbocycles. The second-order valence-corrected chi connectivity index (χ2v) is 6.57. The maximum Gasteiger partial charge on any atom is 0.0939 e. The molecule has 2 aromatic carbocycles. The Hall–Kier alpha value is -1.31. The van der Waals surface area contributed by atoms with Gasteiger partial charge in [0, 0.05) is 11.4 Å². The molecule has 1 unspecified atom stereocenters. The highest BCUT2D eigenvalue weighted by atomic mass is 35.5. The fourth-order valence-corrected chi connectivity index (χ4v) is 3.66. The number of aliphatic hydroxyl groups is 1. The molecule has 2 aromatic rings. The summed E-state index contributed by atoms with van der Waals surface area (Å²) in [4.78, 5) is 0. The van der Waals surface area contributed by atoms with E-state index in [2.05, 4.69) is 24.3 Å². The third kappa shape index (κ3) is 3.00. The minimum atomic E-state index is -0.800. The van der Waals surface area contributed by atoms with Gasteiger partial charge >= 0.3 is 0 Å². The zero-order valence-corrected chi connectivity index (χ0v) is 13.2. The van der Waals surface area contributed by atoms with Gasteiger partial charge in [0.25, 0.3) is 0 Å². The topological polar surface area (TPSA) is 20.2 Å². The fraction of sp³-hybridized carbons (Fsp3) is 0.368. The van der Waals surface area contributed by atoms with E-state index in [1.807, 2.05) is 25.1 Å². The van der Waals surface area contributed by atoms with Crippen LogP contribution >= 0.6 is 11.6 Å². The molecule has 0 spiro atoms. The van der Waals surface area contributed by atoms with Crippen LogP contribution in [0.3, 0.4) is 0 Å². The predicted molar refractivity (Wildman–Crippen MR) is 87.8 cm³/mol. The molecule has 1 aliphatic rings. The van der Waals surface area contributed by atoms with Gasteiger partial charge in [0.1, 0.15) is 0 Å². The lowest BCUT2D eigenvalue weighted by atomic mass is 9.82. The molecule has 0 aromatic heterocycles. The van der Waals surface area contributed by atoms with Gasteiger partial charge in [-0.1, -0.05) is 48.0 Å². The van der Waals surface area contributed by atoms with Crippen molar-refractivity contribution in [3.8, 4) is 0 Å². The molecule has 1 atom stereocenters. The van der Waals surface area contributed by atoms with Gasteiger partial charge in [0.2, 0.25) is 0 Å². The van der Waals surface area contributed by atoms with Crippen molar-refractivity contribution in [2.24, 2.45) is 0 Å². The van der Waals surface area contributed by atoms with Gasteiger partial charge in [0.05, 0.1) is 5.60 Å². The van der Waals surface area contributed by atoms with Crippen LogP contribution in [-0.2, 0) is 18.4 Å². The van der Waals surface area contributed by atoms with Crippen molar-refractivity contribution in [3.05, 3.63) is 69.7 Å². The summed E-state index contributed by atoms with van der Waals surface area (Å²) in [7, 11) is 0. The van der Waals surface area contributed by atoms with Crippen LogP contribution in [0.1, 0.15) is 41.5 Å². The highest BCUT2D eigenvalue weighted by Gasteiger charge is 2.33. The molecule has 110 valence electrons. The minimum Gasteiger partial charge on any atom is -0.385 e. The molecule has 0 amide bonds. The second-order valence-electron chi connectivity index (χ2n) is 6.17. The number of rotatable bonds is 2. The lowest BCUT2D eigenvalue weighted by molar-refractivity contribution is 0.0272. The Kier molecular flexibility index (Phi) is 4.05. The number of aryl methyl sites for hydroxylation is 2. The molecular formula is C19H21ClO. The van der Waals surface area contributed by atoms with E-state index in [4.69, 9.17) is 11.6 Å². The number of benzene rings is 2. The Morgan fingerprint density at radius 2 is 1.95 bits per heavy atom. The Labute approximate surface area is 131 Å². The highest BCUT2D eigenvalue weighted by Crippen LogP contribution is 2.38. The van der Waals surface area contributed by atoms with Gasteiger partial charge < -0.3 is 5.11 Å². The second kappa shape index (κ2) is 5.82. The Bertz CT molecular complexity index is 650. The zero-order chi connectivity index (χ0) is 14.9. The number of hydrogen-bond donors (Lipinski definition) is 1. The molecule has 0 bridgehead atoms. The summed E-state index contributed by atoms with van der Waals surface area (Å²) in [5.41, 5.74) is 3.74. The zero-order valence-electron chi connectivity index (χ0n) is 12.4. The van der Waals surface area contributed by atoms with E-state index in [0.717, 1.165) is 47.4 Å². The summed E-state index contributed by atoms with van der Waals surface area (Å²) in [6.45, 7) is 2.03. The number of fused-ring (bicyclic) bond motifs is 1. The first-order valence-electron chi connectivity index (χ1n) is 7.64. The van der Waals surface area contributed by atoms with Gasteiger partial charge in [-0.25, -0.2) is 0 Å². The van der Waals surface area contributed by atoms with Crippen LogP contribution in [0.25, 0.3) is 0 Å². The van der Waals surface area contributed by atoms with E-state index in [-0.39, 0.29) is 0 Å². The molecule has 1 nitrogen and oxygen atoms in total. The molecule has 0 aliphatic heterocycles. The first-order valence-corrected chi connectivity index (χ1v) is 8.02. The first kappa shape index (κ1) is 14.6. The smallest absolute Gasteiger partial charge is 0.0939 e. The largest absolute Gasteiger partial charge is 0.385 e. The average Bonchev–Trinajstić information content (AvgIpc) is 2.63. The van der Waals surface area contributed by atoms with E-state index in [1.165, 1.54) is 5.56 Å². The molecule has 2 heteroatoms. The van der Waals surface area contributed by atoms with E-state index in [0.29, 0.717) is 6.42 Å². The lowest BCUT2D eigenvalue weighted by Crippen LogP contribution is -2.29. The van der Waals surface area contributed by atoms with Crippen LogP contribution in [-0.4, -0.2) is 5.11 Å². The molecular weight excluding hydrogens is 280 g/mol. The predicted octanol–water partition coefficient (Wildman–Crippen LogP) is 4.81. The Morgan fingerprint density at radius 3 is 2.76 bits per heavy atom. The van der Waals surface area contributed by atoms with Crippen LogP contribution in [0, 0.1) is 6.92 Å². The van der Waals surface area contributed by atoms with E-state index >= 15 is 0 Å². The highest BCUT2D eigenvalue weighted by molar-refractivity contribution is 6.31. The molecule has 0 fully saturated rings. The molecule has 21 heavy (non-hydrogen) atoms. The maximum absolute atomic E-state index is 11.3. The maximum atomic E-state index is 11.3. The van der Waals surface area contributed by atoms with E-state index in [1.54, 1.807) is 0 Å². The molecule has 0 radical (unpaired) electrons. The van der Waals surface area contributed by atoms with Crippen LogP contribution in [0.2, 0.25) is 5.02 Å². The van der Waals surface area contributed by atoms with Crippen LogP contribution in [0.5, 0.6) is 0 Å². The molecule has 0 saturated heterocycles. The summed E-state index contributed by atoms with van der Waals surface area (Å²) in [5.74, 6) is 0. The van der Waals surface area contributed by atoms with Gasteiger partial charge in [-0.2, -0.15) is 0 Å². The Morgan fingerprint density at radius 1 is 1.14 bits per heavy atom. The summed E-state index contributed by atoms with van der Waals surface area (Å²) in [5, 5.41) is 12.0. The SMILES string of the molecule is Cc1ccc(CC2(O)CCCCc3ccccc32)c(Cl)c1. The molecule has 0 heterocycles. The van der Waals surface area contributed by atoms with Gasteiger partial charge in [-0.05, 0) is 60.9 Å². The van der Waals surface area contributed by atoms with Crippen molar-refractivity contribution in [1.29, 1.82) is 0 Å². The van der Waals surface area contributed by atoms with Crippen LogP contribution in [0.4, 0.5) is 0 Å². The standard InChI is InChI=1S/C19H21ClO/c1-14-9-10-16(18(20)12-14)13-19(21)11-5-4-7-15-6-2-3-8-17(15)19/h2-3,6,8-10,12,21H,4-5,7,11,13H2,1H3. The van der Waals surface area contributed by atoms with Crippen LogP contribution < -0.4 is 0 Å². The molecule has 1 N–H and O–H groups in total. The monoisotopic (exact) mass is 300 g/mol. The molecule has 1 aliphatic carbocycles. The summed E-state index contributed by atoms with van der Waals surface area (Å²) >= 11 is 6.37. The summed E-state index contributed by atoms with van der Waals surface area (Å²) in [6.07, 6.45) is 4.63. The van der Waals surface area contributed by atoms with E-state index in [9.17, 15) is 5.11 Å². The molecule has 3 rings (SSSR count). The van der Waals surface area contributed by atoms with Crippen molar-refractivity contribution in [2.45, 2.75) is 44.6 Å². The average molecular weight is 301 g/mol. The van der Waals surface area contributed by atoms with Gasteiger partial charge in [0.15, 0.2) is 0 Å². The summed E-state index contributed by atoms with van der Waals surface area (Å²) < 4.78 is 0. The number of hydrogen-bond acceptors (Lipinski definition) is 1. The van der Waals surface area contributed by atoms with Crippen LogP contribution in [0.15, 0.2) is 42.5 Å².